The highest BCUT2D eigenvalue weighted by molar-refractivity contribution is 9.10. The molecule has 1 aromatic rings. The molecule has 0 saturated carbocycles. The van der Waals surface area contributed by atoms with Gasteiger partial charge in [-0.25, -0.2) is 0 Å². The average Bonchev–Trinajstić information content (AvgIpc) is 2.38. The summed E-state index contributed by atoms with van der Waals surface area (Å²) in [5.74, 6) is -1.32. The minimum Gasteiger partial charge on any atom is -0.370 e. The van der Waals surface area contributed by atoms with Crippen LogP contribution in [0.25, 0.3) is 0 Å². The Labute approximate surface area is 117 Å². The maximum absolute atomic E-state index is 12.8. The molecule has 2 rings (SSSR count). The van der Waals surface area contributed by atoms with Gasteiger partial charge in [-0.15, -0.1) is 0 Å². The van der Waals surface area contributed by atoms with Crippen molar-refractivity contribution in [3.63, 3.8) is 0 Å². The number of benzene rings is 1. The molecule has 1 atom stereocenters. The first-order valence-corrected chi connectivity index (χ1v) is 6.77. The van der Waals surface area contributed by atoms with Gasteiger partial charge in [-0.2, -0.15) is 13.2 Å². The predicted octanol–water partition coefficient (Wildman–Crippen LogP) is 4.04. The summed E-state index contributed by atoms with van der Waals surface area (Å²) in [6, 6.07) is 5.02. The zero-order chi connectivity index (χ0) is 14.0. The van der Waals surface area contributed by atoms with Gasteiger partial charge in [0.15, 0.2) is 6.29 Å². The molecule has 1 aliphatic heterocycles. The fourth-order valence-corrected chi connectivity index (χ4v) is 2.70. The molecule has 1 aromatic carbocycles. The monoisotopic (exact) mass is 335 g/mol. The zero-order valence-corrected chi connectivity index (χ0v) is 11.7. The highest BCUT2D eigenvalue weighted by Gasteiger charge is 2.42. The topological polar surface area (TPSA) is 20.3 Å². The lowest BCUT2D eigenvalue weighted by Gasteiger charge is -2.35. The second-order valence-electron chi connectivity index (χ2n) is 4.65. The van der Waals surface area contributed by atoms with Gasteiger partial charge in [0, 0.05) is 28.8 Å². The Kier molecular flexibility index (Phi) is 4.18. The van der Waals surface area contributed by atoms with E-state index in [-0.39, 0.29) is 13.0 Å². The van der Waals surface area contributed by atoms with Crippen LogP contribution in [0.1, 0.15) is 23.2 Å². The van der Waals surface area contributed by atoms with Crippen molar-refractivity contribution in [3.8, 4) is 0 Å². The van der Waals surface area contributed by atoms with Crippen LogP contribution in [0, 0.1) is 5.92 Å². The van der Waals surface area contributed by atoms with Crippen molar-refractivity contribution in [2.24, 2.45) is 5.92 Å². The standard InChI is InChI=1S/C13H13BrF3NO/c14-11-4-3-9(8-19)12(6-11)18-5-1-2-10(7-18)13(15,16)17/h3-4,6,8,10H,1-2,5,7H2. The summed E-state index contributed by atoms with van der Waals surface area (Å²) in [4.78, 5) is 12.6. The van der Waals surface area contributed by atoms with E-state index in [0.29, 0.717) is 30.5 Å². The van der Waals surface area contributed by atoms with Gasteiger partial charge >= 0.3 is 6.18 Å². The number of anilines is 1. The molecule has 6 heteroatoms. The molecular weight excluding hydrogens is 323 g/mol. The lowest BCUT2D eigenvalue weighted by Crippen LogP contribution is -2.42. The van der Waals surface area contributed by atoms with Crippen molar-refractivity contribution >= 4 is 27.9 Å². The first-order valence-electron chi connectivity index (χ1n) is 5.98. The highest BCUT2D eigenvalue weighted by Crippen LogP contribution is 2.36. The molecule has 1 fully saturated rings. The fraction of sp³-hybridized carbons (Fsp3) is 0.462. The first-order chi connectivity index (χ1) is 8.91. The summed E-state index contributed by atoms with van der Waals surface area (Å²) in [5.41, 5.74) is 0.990. The van der Waals surface area contributed by atoms with Crippen molar-refractivity contribution in [1.82, 2.24) is 0 Å². The van der Waals surface area contributed by atoms with E-state index in [1.807, 2.05) is 0 Å². The van der Waals surface area contributed by atoms with Crippen molar-refractivity contribution in [3.05, 3.63) is 28.2 Å². The van der Waals surface area contributed by atoms with E-state index < -0.39 is 12.1 Å². The number of carbonyl (C=O) groups is 1. The summed E-state index contributed by atoms with van der Waals surface area (Å²) >= 11 is 3.28. The summed E-state index contributed by atoms with van der Waals surface area (Å²) in [6.45, 7) is 0.463. The Morgan fingerprint density at radius 3 is 2.74 bits per heavy atom. The number of aldehydes is 1. The normalized spacial score (nSPS) is 20.4. The number of hydrogen-bond donors (Lipinski definition) is 0. The predicted molar refractivity (Wildman–Crippen MR) is 70.5 cm³/mol. The second kappa shape index (κ2) is 5.53. The van der Waals surface area contributed by atoms with Crippen LogP contribution in [-0.4, -0.2) is 25.6 Å². The summed E-state index contributed by atoms with van der Waals surface area (Å²) in [7, 11) is 0. The van der Waals surface area contributed by atoms with Gasteiger partial charge in [0.1, 0.15) is 0 Å². The van der Waals surface area contributed by atoms with E-state index in [4.69, 9.17) is 0 Å². The maximum atomic E-state index is 12.8. The number of nitrogens with zero attached hydrogens (tertiary/aromatic N) is 1. The zero-order valence-electron chi connectivity index (χ0n) is 10.1. The van der Waals surface area contributed by atoms with Crippen molar-refractivity contribution in [2.75, 3.05) is 18.0 Å². The van der Waals surface area contributed by atoms with Gasteiger partial charge < -0.3 is 4.90 Å². The van der Waals surface area contributed by atoms with E-state index in [1.165, 1.54) is 0 Å². The van der Waals surface area contributed by atoms with E-state index >= 15 is 0 Å². The molecule has 19 heavy (non-hydrogen) atoms. The summed E-state index contributed by atoms with van der Waals surface area (Å²) < 4.78 is 39.1. The van der Waals surface area contributed by atoms with Gasteiger partial charge in [-0.1, -0.05) is 15.9 Å². The van der Waals surface area contributed by atoms with Crippen molar-refractivity contribution < 1.29 is 18.0 Å². The lowest BCUT2D eigenvalue weighted by atomic mass is 9.96. The van der Waals surface area contributed by atoms with Gasteiger partial charge in [0.05, 0.1) is 5.92 Å². The van der Waals surface area contributed by atoms with E-state index in [2.05, 4.69) is 15.9 Å². The third-order valence-corrected chi connectivity index (χ3v) is 3.84. The Bertz CT molecular complexity index is 475. The van der Waals surface area contributed by atoms with Crippen LogP contribution in [0.2, 0.25) is 0 Å². The molecule has 0 radical (unpaired) electrons. The molecular formula is C13H13BrF3NO. The molecule has 0 aliphatic carbocycles. The van der Waals surface area contributed by atoms with Gasteiger partial charge in [-0.3, -0.25) is 4.79 Å². The highest BCUT2D eigenvalue weighted by atomic mass is 79.9. The first kappa shape index (κ1) is 14.4. The molecule has 1 saturated heterocycles. The minimum atomic E-state index is -4.17. The third kappa shape index (κ3) is 3.29. The van der Waals surface area contributed by atoms with E-state index in [1.54, 1.807) is 23.1 Å². The Morgan fingerprint density at radius 2 is 2.11 bits per heavy atom. The lowest BCUT2D eigenvalue weighted by molar-refractivity contribution is -0.175. The molecule has 0 amide bonds. The largest absolute Gasteiger partial charge is 0.393 e. The summed E-state index contributed by atoms with van der Waals surface area (Å²) in [5, 5.41) is 0. The van der Waals surface area contributed by atoms with Gasteiger partial charge in [0.2, 0.25) is 0 Å². The Hall–Kier alpha value is -1.04. The molecule has 2 nitrogen and oxygen atoms in total. The fourth-order valence-electron chi connectivity index (χ4n) is 2.35. The summed E-state index contributed by atoms with van der Waals surface area (Å²) in [6.07, 6.45) is -2.86. The number of carbonyl (C=O) groups excluding carboxylic acids is 1. The molecule has 1 aliphatic rings. The van der Waals surface area contributed by atoms with Crippen LogP contribution >= 0.6 is 15.9 Å². The molecule has 104 valence electrons. The van der Waals surface area contributed by atoms with Crippen molar-refractivity contribution in [1.29, 1.82) is 0 Å². The van der Waals surface area contributed by atoms with Crippen molar-refractivity contribution in [2.45, 2.75) is 19.0 Å². The second-order valence-corrected chi connectivity index (χ2v) is 5.56. The Morgan fingerprint density at radius 1 is 1.37 bits per heavy atom. The molecule has 1 unspecified atom stereocenters. The van der Waals surface area contributed by atoms with Crippen LogP contribution in [-0.2, 0) is 0 Å². The number of halogens is 4. The minimum absolute atomic E-state index is 0.0825. The van der Waals surface area contributed by atoms with E-state index in [0.717, 1.165) is 4.47 Å². The SMILES string of the molecule is O=Cc1ccc(Br)cc1N1CCCC(C(F)(F)F)C1. The van der Waals surface area contributed by atoms with Crippen LogP contribution in [0.5, 0.6) is 0 Å². The number of hydrogen-bond acceptors (Lipinski definition) is 2. The molecule has 0 N–H and O–H groups in total. The molecule has 0 bridgehead atoms. The van der Waals surface area contributed by atoms with Crippen LogP contribution in [0.15, 0.2) is 22.7 Å². The number of rotatable bonds is 2. The van der Waals surface area contributed by atoms with E-state index in [9.17, 15) is 18.0 Å². The number of piperidine rings is 1. The third-order valence-electron chi connectivity index (χ3n) is 3.34. The smallest absolute Gasteiger partial charge is 0.370 e. The maximum Gasteiger partial charge on any atom is 0.393 e. The van der Waals surface area contributed by atoms with Gasteiger partial charge in [-0.05, 0) is 31.0 Å². The van der Waals surface area contributed by atoms with Gasteiger partial charge in [0.25, 0.3) is 0 Å². The molecule has 0 spiro atoms. The van der Waals surface area contributed by atoms with Crippen LogP contribution in [0.3, 0.4) is 0 Å². The number of alkyl halides is 3. The van der Waals surface area contributed by atoms with Crippen LogP contribution in [0.4, 0.5) is 18.9 Å². The molecule has 0 aromatic heterocycles. The Balaban J connectivity index is 2.26. The average molecular weight is 336 g/mol. The van der Waals surface area contributed by atoms with Crippen LogP contribution < -0.4 is 4.90 Å². The quantitative estimate of drug-likeness (QED) is 0.760. The molecule has 1 heterocycles.